The predicted octanol–water partition coefficient (Wildman–Crippen LogP) is 2.34. The molecule has 0 aliphatic carbocycles. The summed E-state index contributed by atoms with van der Waals surface area (Å²) in [5.41, 5.74) is 2.29. The summed E-state index contributed by atoms with van der Waals surface area (Å²) in [5.74, 6) is 0. The van der Waals surface area contributed by atoms with Crippen LogP contribution in [0.15, 0.2) is 12.1 Å². The molecule has 0 bridgehead atoms. The fraction of sp³-hybridized carbons (Fsp3) is 0.500. The first-order valence-electron chi connectivity index (χ1n) is 6.41. The van der Waals surface area contributed by atoms with Crippen LogP contribution in [-0.4, -0.2) is 30.5 Å². The minimum absolute atomic E-state index is 0.0388. The van der Waals surface area contributed by atoms with E-state index in [0.717, 1.165) is 24.1 Å². The van der Waals surface area contributed by atoms with Crippen LogP contribution in [0.25, 0.3) is 0 Å². The number of aliphatic hydroxyl groups excluding tert-OH is 1. The first-order chi connectivity index (χ1) is 9.17. The molecule has 5 heteroatoms. The Morgan fingerprint density at radius 2 is 2.37 bits per heavy atom. The van der Waals surface area contributed by atoms with Crippen LogP contribution in [0, 0.1) is 11.3 Å². The molecule has 1 heterocycles. The second-order valence-corrected chi connectivity index (χ2v) is 4.98. The van der Waals surface area contributed by atoms with Crippen molar-refractivity contribution in [1.82, 2.24) is 0 Å². The molecular weight excluding hydrogens is 264 g/mol. The summed E-state index contributed by atoms with van der Waals surface area (Å²) in [7, 11) is 0. The van der Waals surface area contributed by atoms with E-state index in [1.807, 2.05) is 13.0 Å². The molecular formula is C14H17ClN2O2. The van der Waals surface area contributed by atoms with Crippen LogP contribution in [0.2, 0.25) is 5.02 Å². The molecule has 1 aliphatic heterocycles. The summed E-state index contributed by atoms with van der Waals surface area (Å²) in [6, 6.07) is 5.60. The molecule has 2 unspecified atom stereocenters. The highest BCUT2D eigenvalue weighted by Gasteiger charge is 2.24. The zero-order valence-electron chi connectivity index (χ0n) is 10.8. The number of rotatable bonds is 3. The number of hydrogen-bond acceptors (Lipinski definition) is 4. The Hall–Kier alpha value is -1.28. The molecule has 1 aromatic rings. The molecule has 0 spiro atoms. The van der Waals surface area contributed by atoms with E-state index in [-0.39, 0.29) is 6.04 Å². The van der Waals surface area contributed by atoms with E-state index < -0.39 is 6.10 Å². The lowest BCUT2D eigenvalue weighted by atomic mass is 10.0. The van der Waals surface area contributed by atoms with Crippen LogP contribution in [0.3, 0.4) is 0 Å². The van der Waals surface area contributed by atoms with Gasteiger partial charge in [-0.05, 0) is 30.5 Å². The highest BCUT2D eigenvalue weighted by molar-refractivity contribution is 6.32. The van der Waals surface area contributed by atoms with E-state index >= 15 is 0 Å². The Bertz CT molecular complexity index is 499. The van der Waals surface area contributed by atoms with E-state index in [0.29, 0.717) is 23.8 Å². The highest BCUT2D eigenvalue weighted by atomic mass is 35.5. The SMILES string of the molecule is CCc1c(NC2CCOCC2O)ccc(C#N)c1Cl. The van der Waals surface area contributed by atoms with Gasteiger partial charge in [0.25, 0.3) is 0 Å². The molecule has 2 atom stereocenters. The predicted molar refractivity (Wildman–Crippen MR) is 74.4 cm³/mol. The van der Waals surface area contributed by atoms with Crippen molar-refractivity contribution < 1.29 is 9.84 Å². The third-order valence-corrected chi connectivity index (χ3v) is 3.82. The summed E-state index contributed by atoms with van der Waals surface area (Å²) in [6.45, 7) is 2.98. The normalized spacial score (nSPS) is 22.8. The molecule has 1 aromatic carbocycles. The smallest absolute Gasteiger partial charge is 0.101 e. The molecule has 4 nitrogen and oxygen atoms in total. The van der Waals surface area contributed by atoms with Crippen LogP contribution in [0.5, 0.6) is 0 Å². The van der Waals surface area contributed by atoms with Crippen molar-refractivity contribution in [3.63, 3.8) is 0 Å². The van der Waals surface area contributed by atoms with Gasteiger partial charge in [-0.2, -0.15) is 5.26 Å². The fourth-order valence-corrected chi connectivity index (χ4v) is 2.62. The van der Waals surface area contributed by atoms with Crippen molar-refractivity contribution in [1.29, 1.82) is 5.26 Å². The zero-order valence-corrected chi connectivity index (χ0v) is 11.6. The third-order valence-electron chi connectivity index (χ3n) is 3.38. The minimum Gasteiger partial charge on any atom is -0.389 e. The third kappa shape index (κ3) is 3.01. The van der Waals surface area contributed by atoms with Crippen molar-refractivity contribution >= 4 is 17.3 Å². The number of anilines is 1. The maximum Gasteiger partial charge on any atom is 0.101 e. The van der Waals surface area contributed by atoms with Crippen LogP contribution in [-0.2, 0) is 11.2 Å². The Labute approximate surface area is 117 Å². The Kier molecular flexibility index (Phi) is 4.65. The largest absolute Gasteiger partial charge is 0.389 e. The number of nitrogens with one attached hydrogen (secondary N) is 1. The number of halogens is 1. The van der Waals surface area contributed by atoms with Gasteiger partial charge < -0.3 is 15.2 Å². The maximum absolute atomic E-state index is 9.89. The zero-order chi connectivity index (χ0) is 13.8. The molecule has 0 amide bonds. The second-order valence-electron chi connectivity index (χ2n) is 4.60. The molecule has 0 radical (unpaired) electrons. The van der Waals surface area contributed by atoms with E-state index in [2.05, 4.69) is 11.4 Å². The lowest BCUT2D eigenvalue weighted by Gasteiger charge is -2.30. The summed E-state index contributed by atoms with van der Waals surface area (Å²) in [4.78, 5) is 0. The fourth-order valence-electron chi connectivity index (χ4n) is 2.28. The van der Waals surface area contributed by atoms with Crippen LogP contribution in [0.1, 0.15) is 24.5 Å². The minimum atomic E-state index is -0.520. The average Bonchev–Trinajstić information content (AvgIpc) is 2.42. The standard InChI is InChI=1S/C14H17ClN2O2/c1-2-10-11(4-3-9(7-16)14(10)15)17-12-5-6-19-8-13(12)18/h3-4,12-13,17-18H,2,5-6,8H2,1H3. The number of aliphatic hydroxyl groups is 1. The Morgan fingerprint density at radius 3 is 3.00 bits per heavy atom. The Balaban J connectivity index is 2.25. The number of ether oxygens (including phenoxy) is 1. The lowest BCUT2D eigenvalue weighted by molar-refractivity contribution is -0.0134. The topological polar surface area (TPSA) is 65.3 Å². The van der Waals surface area contributed by atoms with Gasteiger partial charge in [0.2, 0.25) is 0 Å². The van der Waals surface area contributed by atoms with Gasteiger partial charge in [0.05, 0.1) is 29.3 Å². The molecule has 2 rings (SSSR count). The molecule has 19 heavy (non-hydrogen) atoms. The van der Waals surface area contributed by atoms with Crippen molar-refractivity contribution in [2.75, 3.05) is 18.5 Å². The van der Waals surface area contributed by atoms with Gasteiger partial charge in [-0.15, -0.1) is 0 Å². The number of hydrogen-bond donors (Lipinski definition) is 2. The first kappa shape index (κ1) is 14.1. The van der Waals surface area contributed by atoms with Gasteiger partial charge in [0, 0.05) is 12.3 Å². The van der Waals surface area contributed by atoms with Gasteiger partial charge in [-0.25, -0.2) is 0 Å². The highest BCUT2D eigenvalue weighted by Crippen LogP contribution is 2.29. The molecule has 1 saturated heterocycles. The maximum atomic E-state index is 9.89. The van der Waals surface area contributed by atoms with Gasteiger partial charge in [-0.3, -0.25) is 0 Å². The Morgan fingerprint density at radius 1 is 1.58 bits per heavy atom. The summed E-state index contributed by atoms with van der Waals surface area (Å²) in [6.07, 6.45) is 0.964. The van der Waals surface area contributed by atoms with Crippen LogP contribution in [0.4, 0.5) is 5.69 Å². The van der Waals surface area contributed by atoms with E-state index in [1.165, 1.54) is 0 Å². The second kappa shape index (κ2) is 6.25. The molecule has 0 saturated carbocycles. The number of nitriles is 1. The van der Waals surface area contributed by atoms with Gasteiger partial charge in [-0.1, -0.05) is 18.5 Å². The summed E-state index contributed by atoms with van der Waals surface area (Å²) < 4.78 is 5.21. The summed E-state index contributed by atoms with van der Waals surface area (Å²) in [5, 5.41) is 22.7. The van der Waals surface area contributed by atoms with Crippen LogP contribution < -0.4 is 5.32 Å². The van der Waals surface area contributed by atoms with Crippen molar-refractivity contribution in [3.8, 4) is 6.07 Å². The van der Waals surface area contributed by atoms with E-state index in [1.54, 1.807) is 6.07 Å². The summed E-state index contributed by atoms with van der Waals surface area (Å²) >= 11 is 6.22. The lowest BCUT2D eigenvalue weighted by Crippen LogP contribution is -2.42. The quantitative estimate of drug-likeness (QED) is 0.892. The number of nitrogens with zero attached hydrogens (tertiary/aromatic N) is 1. The van der Waals surface area contributed by atoms with Crippen molar-refractivity contribution in [2.24, 2.45) is 0 Å². The molecule has 1 aliphatic rings. The van der Waals surface area contributed by atoms with Crippen molar-refractivity contribution in [2.45, 2.75) is 31.9 Å². The molecule has 102 valence electrons. The average molecular weight is 281 g/mol. The van der Waals surface area contributed by atoms with Crippen LogP contribution >= 0.6 is 11.6 Å². The number of benzene rings is 1. The van der Waals surface area contributed by atoms with E-state index in [4.69, 9.17) is 21.6 Å². The molecule has 2 N–H and O–H groups in total. The molecule has 1 fully saturated rings. The van der Waals surface area contributed by atoms with Gasteiger partial charge in [0.15, 0.2) is 0 Å². The monoisotopic (exact) mass is 280 g/mol. The van der Waals surface area contributed by atoms with Crippen molar-refractivity contribution in [3.05, 3.63) is 28.3 Å². The first-order valence-corrected chi connectivity index (χ1v) is 6.79. The van der Waals surface area contributed by atoms with E-state index in [9.17, 15) is 5.11 Å². The van der Waals surface area contributed by atoms with Gasteiger partial charge in [0.1, 0.15) is 6.07 Å². The van der Waals surface area contributed by atoms with Gasteiger partial charge >= 0.3 is 0 Å². The molecule has 0 aromatic heterocycles.